The van der Waals surface area contributed by atoms with Crippen LogP contribution in [-0.2, 0) is 20.9 Å². The van der Waals surface area contributed by atoms with Crippen molar-refractivity contribution >= 4 is 12.1 Å². The molecule has 1 aromatic rings. The molecule has 1 heterocycles. The number of nitrogens with zero attached hydrogens (tertiary/aromatic N) is 1. The first-order valence-corrected chi connectivity index (χ1v) is 6.97. The summed E-state index contributed by atoms with van der Waals surface area (Å²) in [6, 6.07) is 9.18. The van der Waals surface area contributed by atoms with Gasteiger partial charge in [-0.2, -0.15) is 0 Å². The summed E-state index contributed by atoms with van der Waals surface area (Å²) in [5.41, 5.74) is -0.649. The third-order valence-electron chi connectivity index (χ3n) is 3.73. The number of esters is 1. The predicted octanol–water partition coefficient (Wildman–Crippen LogP) is 1.84. The smallest absolute Gasteiger partial charge is 0.413 e. The lowest BCUT2D eigenvalue weighted by molar-refractivity contribution is -0.146. The van der Waals surface area contributed by atoms with Crippen LogP contribution in [0.2, 0.25) is 0 Å². The Balaban J connectivity index is 2.13. The molecule has 0 spiro atoms. The number of ether oxygens (including phenoxy) is 2. The van der Waals surface area contributed by atoms with Crippen LogP contribution < -0.4 is 0 Å². The van der Waals surface area contributed by atoms with Crippen LogP contribution in [0.3, 0.4) is 0 Å². The van der Waals surface area contributed by atoms with Crippen LogP contribution in [0.5, 0.6) is 0 Å². The average Bonchev–Trinajstić information content (AvgIpc) is 2.84. The van der Waals surface area contributed by atoms with Crippen molar-refractivity contribution in [2.45, 2.75) is 31.6 Å². The number of benzene rings is 1. The highest BCUT2D eigenvalue weighted by Crippen LogP contribution is 2.32. The maximum Gasteiger partial charge on any atom is 0.413 e. The van der Waals surface area contributed by atoms with E-state index >= 15 is 0 Å². The van der Waals surface area contributed by atoms with Gasteiger partial charge in [0.25, 0.3) is 0 Å². The summed E-state index contributed by atoms with van der Waals surface area (Å²) < 4.78 is 10.2. The fraction of sp³-hybridized carbons (Fsp3) is 0.375. The highest BCUT2D eigenvalue weighted by molar-refractivity contribution is 5.89. The fourth-order valence-corrected chi connectivity index (χ4v) is 2.47. The van der Waals surface area contributed by atoms with Crippen molar-refractivity contribution in [1.29, 1.82) is 0 Å². The van der Waals surface area contributed by atoms with Gasteiger partial charge in [0.1, 0.15) is 6.61 Å². The molecular weight excluding hydrogens is 286 g/mol. The van der Waals surface area contributed by atoms with Crippen LogP contribution in [-0.4, -0.2) is 40.4 Å². The first-order chi connectivity index (χ1) is 10.5. The normalized spacial score (nSPS) is 22.1. The molecule has 0 bridgehead atoms. The number of hydrogen-bond acceptors (Lipinski definition) is 5. The number of rotatable bonds is 5. The first kappa shape index (κ1) is 16.0. The van der Waals surface area contributed by atoms with E-state index in [0.29, 0.717) is 0 Å². The first-order valence-electron chi connectivity index (χ1n) is 6.97. The number of aliphatic hydroxyl groups excluding tert-OH is 1. The Kier molecular flexibility index (Phi) is 4.82. The summed E-state index contributed by atoms with van der Waals surface area (Å²) in [6.45, 7) is 4.85. The van der Waals surface area contributed by atoms with Gasteiger partial charge in [0.15, 0.2) is 12.3 Å². The van der Waals surface area contributed by atoms with Gasteiger partial charge in [0.05, 0.1) is 6.10 Å². The monoisotopic (exact) mass is 305 g/mol. The summed E-state index contributed by atoms with van der Waals surface area (Å²) in [4.78, 5) is 25.4. The molecule has 22 heavy (non-hydrogen) atoms. The van der Waals surface area contributed by atoms with Crippen LogP contribution in [0.4, 0.5) is 4.79 Å². The molecule has 1 amide bonds. The highest BCUT2D eigenvalue weighted by atomic mass is 16.6. The van der Waals surface area contributed by atoms with Gasteiger partial charge in [-0.1, -0.05) is 36.4 Å². The zero-order valence-corrected chi connectivity index (χ0v) is 12.4. The molecule has 1 N–H and O–H groups in total. The van der Waals surface area contributed by atoms with E-state index in [1.54, 1.807) is 0 Å². The number of aliphatic hydroxyl groups is 1. The summed E-state index contributed by atoms with van der Waals surface area (Å²) in [6.07, 6.45) is -0.261. The molecular formula is C16H19NO5. The van der Waals surface area contributed by atoms with Gasteiger partial charge < -0.3 is 14.6 Å². The van der Waals surface area contributed by atoms with Crippen LogP contribution in [0, 0.1) is 0 Å². The predicted molar refractivity (Wildman–Crippen MR) is 78.7 cm³/mol. The zero-order chi connectivity index (χ0) is 16.2. The number of carbonyl (C=O) groups excluding carboxylic acids is 2. The highest BCUT2D eigenvalue weighted by Gasteiger charge is 2.56. The molecule has 2 unspecified atom stereocenters. The summed E-state index contributed by atoms with van der Waals surface area (Å²) in [7, 11) is 0. The maximum absolute atomic E-state index is 12.3. The number of amides is 1. The molecule has 2 atom stereocenters. The minimum Gasteiger partial charge on any atom is -0.444 e. The van der Waals surface area contributed by atoms with Gasteiger partial charge >= 0.3 is 12.1 Å². The van der Waals surface area contributed by atoms with E-state index in [1.165, 1.54) is 13.0 Å². The molecule has 0 aromatic heterocycles. The molecule has 118 valence electrons. The minimum absolute atomic E-state index is 0.0777. The molecule has 1 fully saturated rings. The van der Waals surface area contributed by atoms with Crippen molar-refractivity contribution in [3.05, 3.63) is 48.6 Å². The third kappa shape index (κ3) is 2.82. The van der Waals surface area contributed by atoms with E-state index in [-0.39, 0.29) is 19.8 Å². The maximum atomic E-state index is 12.3. The van der Waals surface area contributed by atoms with E-state index in [0.717, 1.165) is 10.5 Å². The molecule has 1 saturated heterocycles. The van der Waals surface area contributed by atoms with Crippen molar-refractivity contribution < 1.29 is 24.2 Å². The fourth-order valence-electron chi connectivity index (χ4n) is 2.47. The van der Waals surface area contributed by atoms with E-state index in [9.17, 15) is 14.7 Å². The van der Waals surface area contributed by atoms with Crippen LogP contribution in [0.1, 0.15) is 18.9 Å². The minimum atomic E-state index is -1.48. The second-order valence-corrected chi connectivity index (χ2v) is 5.12. The van der Waals surface area contributed by atoms with Crippen LogP contribution in [0.15, 0.2) is 43.0 Å². The molecule has 1 aromatic carbocycles. The van der Waals surface area contributed by atoms with Crippen molar-refractivity contribution in [2.75, 3.05) is 6.73 Å². The molecule has 6 heteroatoms. The van der Waals surface area contributed by atoms with Gasteiger partial charge in [-0.15, -0.1) is 6.58 Å². The van der Waals surface area contributed by atoms with Crippen LogP contribution >= 0.6 is 0 Å². The Hall–Kier alpha value is -2.34. The second kappa shape index (κ2) is 6.62. The lowest BCUT2D eigenvalue weighted by Crippen LogP contribution is -2.58. The van der Waals surface area contributed by atoms with Crippen molar-refractivity contribution in [3.63, 3.8) is 0 Å². The Morgan fingerprint density at radius 1 is 1.55 bits per heavy atom. The lowest BCUT2D eigenvalue weighted by Gasteiger charge is -2.34. The third-order valence-corrected chi connectivity index (χ3v) is 3.73. The lowest BCUT2D eigenvalue weighted by atomic mass is 9.88. The molecule has 0 radical (unpaired) electrons. The summed E-state index contributed by atoms with van der Waals surface area (Å²) in [5.74, 6) is -0.654. The molecule has 1 aliphatic rings. The Bertz CT molecular complexity index is 557. The van der Waals surface area contributed by atoms with Gasteiger partial charge in [-0.25, -0.2) is 9.59 Å². The van der Waals surface area contributed by atoms with Gasteiger partial charge in [-0.3, -0.25) is 4.90 Å². The molecule has 1 aliphatic heterocycles. The van der Waals surface area contributed by atoms with Crippen molar-refractivity contribution in [3.8, 4) is 0 Å². The SMILES string of the molecule is C=CCC1(C(C)O)C(=O)OCN1C(=O)OCc1ccccc1. The zero-order valence-electron chi connectivity index (χ0n) is 12.4. The van der Waals surface area contributed by atoms with E-state index in [2.05, 4.69) is 6.58 Å². The Morgan fingerprint density at radius 2 is 2.23 bits per heavy atom. The molecule has 0 aliphatic carbocycles. The van der Waals surface area contributed by atoms with E-state index in [4.69, 9.17) is 9.47 Å². The molecule has 6 nitrogen and oxygen atoms in total. The summed E-state index contributed by atoms with van der Waals surface area (Å²) in [5, 5.41) is 10.0. The van der Waals surface area contributed by atoms with Gasteiger partial charge in [0.2, 0.25) is 0 Å². The topological polar surface area (TPSA) is 76.1 Å². The molecule has 0 saturated carbocycles. The Labute approximate surface area is 128 Å². The standard InChI is InChI=1S/C16H19NO5/c1-3-9-16(12(2)18)14(19)22-11-17(16)15(20)21-10-13-7-5-4-6-8-13/h3-8,12,18H,1,9-11H2,2H3. The van der Waals surface area contributed by atoms with Crippen molar-refractivity contribution in [2.24, 2.45) is 0 Å². The average molecular weight is 305 g/mol. The van der Waals surface area contributed by atoms with E-state index in [1.807, 2.05) is 30.3 Å². The number of hydrogen-bond donors (Lipinski definition) is 1. The second-order valence-electron chi connectivity index (χ2n) is 5.12. The number of cyclic esters (lactones) is 1. The summed E-state index contributed by atoms with van der Waals surface area (Å²) >= 11 is 0. The molecule has 2 rings (SSSR count). The largest absolute Gasteiger partial charge is 0.444 e. The number of carbonyl (C=O) groups is 2. The van der Waals surface area contributed by atoms with Gasteiger partial charge in [0, 0.05) is 6.42 Å². The van der Waals surface area contributed by atoms with E-state index < -0.39 is 23.7 Å². The van der Waals surface area contributed by atoms with Gasteiger partial charge in [-0.05, 0) is 12.5 Å². The Morgan fingerprint density at radius 3 is 2.82 bits per heavy atom. The quantitative estimate of drug-likeness (QED) is 0.663. The van der Waals surface area contributed by atoms with Crippen molar-refractivity contribution in [1.82, 2.24) is 4.90 Å². The van der Waals surface area contributed by atoms with Crippen LogP contribution in [0.25, 0.3) is 0 Å².